The van der Waals surface area contributed by atoms with E-state index in [4.69, 9.17) is 4.74 Å². The number of β-amino-alcohol motifs (C(OH)–C–C–N with tert-alkyl or cyclic N) is 1. The molecule has 0 amide bonds. The predicted octanol–water partition coefficient (Wildman–Crippen LogP) is 2.23. The Balaban J connectivity index is 1.30. The third kappa shape index (κ3) is 5.17. The van der Waals surface area contributed by atoms with Crippen LogP contribution in [0.25, 0.3) is 0 Å². The molecule has 2 aliphatic rings. The number of rotatable bonds is 9. The van der Waals surface area contributed by atoms with Crippen molar-refractivity contribution in [2.45, 2.75) is 42.4 Å². The van der Waals surface area contributed by atoms with Crippen LogP contribution >= 0.6 is 0 Å². The highest BCUT2D eigenvalue weighted by atomic mass is 32.2. The number of hydrogen-bond acceptors (Lipinski definition) is 6. The van der Waals surface area contributed by atoms with Gasteiger partial charge >= 0.3 is 0 Å². The van der Waals surface area contributed by atoms with Crippen molar-refractivity contribution in [3.63, 3.8) is 0 Å². The number of nitrogens with zero attached hydrogens (tertiary/aromatic N) is 3. The van der Waals surface area contributed by atoms with E-state index in [0.717, 1.165) is 17.5 Å². The van der Waals surface area contributed by atoms with Crippen molar-refractivity contribution >= 4 is 10.0 Å². The van der Waals surface area contributed by atoms with Gasteiger partial charge in [-0.3, -0.25) is 4.90 Å². The van der Waals surface area contributed by atoms with E-state index in [1.807, 2.05) is 25.1 Å². The van der Waals surface area contributed by atoms with Crippen LogP contribution in [0.2, 0.25) is 0 Å². The number of halogens is 1. The van der Waals surface area contributed by atoms with Crippen LogP contribution in [-0.2, 0) is 29.9 Å². The molecular formula is C26H31FN4O4S. The van der Waals surface area contributed by atoms with Crippen molar-refractivity contribution in [3.8, 4) is 5.75 Å². The molecule has 192 valence electrons. The summed E-state index contributed by atoms with van der Waals surface area (Å²) in [5.41, 5.74) is 2.51. The fourth-order valence-corrected chi connectivity index (χ4v) is 6.31. The van der Waals surface area contributed by atoms with Gasteiger partial charge in [-0.25, -0.2) is 22.5 Å². The minimum absolute atomic E-state index is 0.0195. The Hall–Kier alpha value is -2.79. The predicted molar refractivity (Wildman–Crippen MR) is 133 cm³/mol. The molecule has 0 spiro atoms. The Kier molecular flexibility index (Phi) is 6.63. The zero-order valence-electron chi connectivity index (χ0n) is 20.4. The number of ether oxygens (including phenoxy) is 1. The molecular weight excluding hydrogens is 483 g/mol. The molecule has 0 bridgehead atoms. The zero-order valence-corrected chi connectivity index (χ0v) is 21.2. The van der Waals surface area contributed by atoms with Gasteiger partial charge in [-0.1, -0.05) is 30.3 Å². The second kappa shape index (κ2) is 9.59. The topological polar surface area (TPSA) is 96.7 Å². The van der Waals surface area contributed by atoms with Gasteiger partial charge in [0.25, 0.3) is 10.0 Å². The Morgan fingerprint density at radius 3 is 2.67 bits per heavy atom. The van der Waals surface area contributed by atoms with Gasteiger partial charge in [-0.05, 0) is 48.6 Å². The van der Waals surface area contributed by atoms with E-state index >= 15 is 0 Å². The lowest BCUT2D eigenvalue weighted by Crippen LogP contribution is -2.63. The Bertz CT molecular complexity index is 1340. The second-order valence-corrected chi connectivity index (χ2v) is 11.8. The molecule has 0 radical (unpaired) electrons. The highest BCUT2D eigenvalue weighted by Crippen LogP contribution is 2.43. The molecule has 1 fully saturated rings. The number of hydrogen-bond donors (Lipinski definition) is 2. The van der Waals surface area contributed by atoms with E-state index < -0.39 is 21.4 Å². The van der Waals surface area contributed by atoms with Crippen LogP contribution in [0.5, 0.6) is 5.75 Å². The molecule has 10 heteroatoms. The van der Waals surface area contributed by atoms with Crippen LogP contribution in [0.1, 0.15) is 29.5 Å². The number of sulfonamides is 1. The average Bonchev–Trinajstić information content (AvgIpc) is 3.40. The van der Waals surface area contributed by atoms with E-state index in [1.54, 1.807) is 23.7 Å². The lowest BCUT2D eigenvalue weighted by molar-refractivity contribution is -0.104. The van der Waals surface area contributed by atoms with Crippen LogP contribution in [-0.4, -0.2) is 65.9 Å². The molecule has 8 nitrogen and oxygen atoms in total. The summed E-state index contributed by atoms with van der Waals surface area (Å²) in [4.78, 5) is 6.13. The van der Waals surface area contributed by atoms with Crippen LogP contribution in [0, 0.1) is 5.82 Å². The first-order valence-corrected chi connectivity index (χ1v) is 13.5. The molecule has 1 saturated heterocycles. The average molecular weight is 515 g/mol. The van der Waals surface area contributed by atoms with E-state index in [9.17, 15) is 17.9 Å². The zero-order chi connectivity index (χ0) is 25.5. The largest absolute Gasteiger partial charge is 0.489 e. The number of aliphatic hydroxyl groups is 1. The summed E-state index contributed by atoms with van der Waals surface area (Å²) in [6.07, 6.45) is 4.32. The van der Waals surface area contributed by atoms with Crippen molar-refractivity contribution < 1.29 is 22.7 Å². The van der Waals surface area contributed by atoms with Crippen molar-refractivity contribution in [2.24, 2.45) is 7.05 Å². The Morgan fingerprint density at radius 2 is 2.00 bits per heavy atom. The molecule has 2 aromatic carbocycles. The lowest BCUT2D eigenvalue weighted by Gasteiger charge is -2.49. The number of benzene rings is 2. The van der Waals surface area contributed by atoms with E-state index in [1.165, 1.54) is 18.1 Å². The molecule has 36 heavy (non-hydrogen) atoms. The first kappa shape index (κ1) is 24.9. The Labute approximate surface area is 210 Å². The van der Waals surface area contributed by atoms with Crippen LogP contribution in [0.3, 0.4) is 0 Å². The maximum Gasteiger partial charge on any atom is 0.259 e. The highest BCUT2D eigenvalue weighted by molar-refractivity contribution is 7.89. The summed E-state index contributed by atoms with van der Waals surface area (Å²) in [5.74, 6) is -0.222. The van der Waals surface area contributed by atoms with Gasteiger partial charge in [-0.15, -0.1) is 0 Å². The molecule has 3 aromatic rings. The molecule has 1 aliphatic carbocycles. The van der Waals surface area contributed by atoms with Gasteiger partial charge in [0.15, 0.2) is 16.6 Å². The monoisotopic (exact) mass is 514 g/mol. The lowest BCUT2D eigenvalue weighted by atomic mass is 9.86. The van der Waals surface area contributed by atoms with E-state index in [-0.39, 0.29) is 35.9 Å². The van der Waals surface area contributed by atoms with E-state index in [0.29, 0.717) is 19.5 Å². The minimum Gasteiger partial charge on any atom is -0.489 e. The van der Waals surface area contributed by atoms with E-state index in [2.05, 4.69) is 26.7 Å². The first-order valence-electron chi connectivity index (χ1n) is 12.0. The summed E-state index contributed by atoms with van der Waals surface area (Å²) in [7, 11) is -2.08. The number of imidazole rings is 1. The summed E-state index contributed by atoms with van der Waals surface area (Å²) in [6, 6.07) is 13.7. The molecule has 2 heterocycles. The number of nitrogens with one attached hydrogen (secondary N) is 1. The molecule has 2 atom stereocenters. The van der Waals surface area contributed by atoms with Gasteiger partial charge in [0.2, 0.25) is 0 Å². The van der Waals surface area contributed by atoms with Crippen molar-refractivity contribution in [1.29, 1.82) is 0 Å². The van der Waals surface area contributed by atoms with Crippen molar-refractivity contribution in [3.05, 3.63) is 77.5 Å². The molecule has 1 aromatic heterocycles. The fraction of sp³-hybridized carbons (Fsp3) is 0.423. The number of likely N-dealkylation sites (tertiary alicyclic amines) is 1. The standard InChI is InChI=1S/C26H31FN4O4S/c1-26(32)15-31(16-26)23-12-19-11-22(27)24(13-20(19)21(23)10-18-6-4-3-5-7-18)35-9-8-29-36(33,34)25-14-30(2)17-28-25/h3-7,11,13-14,17,21,23,29,32H,8-10,12,15-16H2,1-2H3. The number of aryl methyl sites for hydroxylation is 1. The minimum atomic E-state index is -3.76. The molecule has 5 rings (SSSR count). The fourth-order valence-electron chi connectivity index (χ4n) is 5.32. The quantitative estimate of drug-likeness (QED) is 0.425. The van der Waals surface area contributed by atoms with Crippen molar-refractivity contribution in [2.75, 3.05) is 26.2 Å². The van der Waals surface area contributed by atoms with Gasteiger partial charge in [0, 0.05) is 44.8 Å². The summed E-state index contributed by atoms with van der Waals surface area (Å²) in [6.45, 7) is 2.99. The summed E-state index contributed by atoms with van der Waals surface area (Å²) >= 11 is 0. The molecule has 1 aliphatic heterocycles. The van der Waals surface area contributed by atoms with Gasteiger partial charge < -0.3 is 14.4 Å². The highest BCUT2D eigenvalue weighted by Gasteiger charge is 2.46. The van der Waals surface area contributed by atoms with Gasteiger partial charge in [0.05, 0.1) is 11.9 Å². The van der Waals surface area contributed by atoms with Crippen LogP contribution in [0.15, 0.2) is 60.0 Å². The second-order valence-electron chi connectivity index (χ2n) is 10.1. The van der Waals surface area contributed by atoms with Crippen LogP contribution in [0.4, 0.5) is 4.39 Å². The number of aromatic nitrogens is 2. The molecule has 0 saturated carbocycles. The SMILES string of the molecule is Cn1cnc(S(=O)(=O)NCCOc2cc3c(cc2F)CC(N2CC(C)(O)C2)C3Cc2ccccc2)c1. The third-order valence-corrected chi connectivity index (χ3v) is 8.30. The normalized spacial score (nSPS) is 21.2. The summed E-state index contributed by atoms with van der Waals surface area (Å²) in [5, 5.41) is 10.2. The maximum atomic E-state index is 14.9. The summed E-state index contributed by atoms with van der Waals surface area (Å²) < 4.78 is 49.3. The van der Waals surface area contributed by atoms with Gasteiger partial charge in [-0.2, -0.15) is 0 Å². The Morgan fingerprint density at radius 1 is 1.25 bits per heavy atom. The van der Waals surface area contributed by atoms with Crippen LogP contribution < -0.4 is 9.46 Å². The van der Waals surface area contributed by atoms with Crippen molar-refractivity contribution in [1.82, 2.24) is 19.2 Å². The number of fused-ring (bicyclic) bond motifs is 1. The smallest absolute Gasteiger partial charge is 0.259 e. The maximum absolute atomic E-state index is 14.9. The first-order chi connectivity index (χ1) is 17.1. The molecule has 2 unspecified atom stereocenters. The van der Waals surface area contributed by atoms with Gasteiger partial charge in [0.1, 0.15) is 6.61 Å². The molecule has 2 N–H and O–H groups in total. The third-order valence-electron chi connectivity index (χ3n) is 6.95.